The molecular weight excluding hydrogens is 411 g/mol. The number of rotatable bonds is 5. The fraction of sp³-hybridized carbons (Fsp3) is 0.364. The van der Waals surface area contributed by atoms with Crippen molar-refractivity contribution in [2.75, 3.05) is 13.7 Å². The van der Waals surface area contributed by atoms with Crippen LogP contribution in [0.2, 0.25) is 0 Å². The first-order chi connectivity index (χ1) is 14.7. The Morgan fingerprint density at radius 3 is 2.45 bits per heavy atom. The van der Waals surface area contributed by atoms with Crippen molar-refractivity contribution in [3.8, 4) is 5.75 Å². The van der Waals surface area contributed by atoms with Gasteiger partial charge in [-0.15, -0.1) is 13.2 Å². The predicted molar refractivity (Wildman–Crippen MR) is 106 cm³/mol. The van der Waals surface area contributed by atoms with Gasteiger partial charge in [-0.05, 0) is 48.7 Å². The molecule has 31 heavy (non-hydrogen) atoms. The van der Waals surface area contributed by atoms with Crippen LogP contribution < -0.4 is 10.1 Å². The molecule has 1 spiro atoms. The molecule has 6 nitrogen and oxygen atoms in total. The molecule has 2 aromatic rings. The number of hydrogen-bond acceptors (Lipinski definition) is 4. The second-order valence-corrected chi connectivity index (χ2v) is 8.04. The van der Waals surface area contributed by atoms with Gasteiger partial charge in [0.15, 0.2) is 0 Å². The van der Waals surface area contributed by atoms with E-state index in [1.54, 1.807) is 11.9 Å². The van der Waals surface area contributed by atoms with E-state index in [4.69, 9.17) is 0 Å². The molecule has 0 saturated carbocycles. The van der Waals surface area contributed by atoms with E-state index in [2.05, 4.69) is 10.1 Å². The molecule has 1 aliphatic heterocycles. The van der Waals surface area contributed by atoms with E-state index in [-0.39, 0.29) is 18.3 Å². The lowest BCUT2D eigenvalue weighted by molar-refractivity contribution is -0.274. The number of nitrogens with one attached hydrogen (secondary N) is 1. The minimum absolute atomic E-state index is 0.0782. The van der Waals surface area contributed by atoms with Crippen LogP contribution in [0.15, 0.2) is 48.5 Å². The van der Waals surface area contributed by atoms with E-state index < -0.39 is 17.9 Å². The first-order valence-corrected chi connectivity index (χ1v) is 9.89. The van der Waals surface area contributed by atoms with Gasteiger partial charge in [0.25, 0.3) is 5.91 Å². The quantitative estimate of drug-likeness (QED) is 0.734. The molecule has 1 N–H and O–H groups in total. The first kappa shape index (κ1) is 21.2. The summed E-state index contributed by atoms with van der Waals surface area (Å²) in [6.45, 7) is 0.425. The monoisotopic (exact) mass is 433 g/mol. The van der Waals surface area contributed by atoms with Gasteiger partial charge in [0, 0.05) is 13.0 Å². The molecule has 0 aromatic heterocycles. The molecule has 1 heterocycles. The normalized spacial score (nSPS) is 20.9. The summed E-state index contributed by atoms with van der Waals surface area (Å²) in [5.41, 5.74) is 2.08. The van der Waals surface area contributed by atoms with Crippen LogP contribution in [-0.4, -0.2) is 47.4 Å². The SMILES string of the molecule is CN(Cc1ccc(OC(F)(F)F)cc1)CN1C(=O)NC2(CCc3ccccc3C2)C1=O. The Hall–Kier alpha value is -3.07. The minimum Gasteiger partial charge on any atom is -0.406 e. The van der Waals surface area contributed by atoms with Crippen molar-refractivity contribution in [3.05, 3.63) is 65.2 Å². The number of benzene rings is 2. The van der Waals surface area contributed by atoms with Crippen molar-refractivity contribution in [1.82, 2.24) is 15.1 Å². The second-order valence-electron chi connectivity index (χ2n) is 8.04. The Bertz CT molecular complexity index is 993. The molecule has 0 radical (unpaired) electrons. The summed E-state index contributed by atoms with van der Waals surface area (Å²) in [5, 5.41) is 2.90. The van der Waals surface area contributed by atoms with E-state index in [0.717, 1.165) is 17.5 Å². The number of urea groups is 1. The van der Waals surface area contributed by atoms with Gasteiger partial charge >= 0.3 is 12.4 Å². The van der Waals surface area contributed by atoms with E-state index in [0.29, 0.717) is 19.4 Å². The van der Waals surface area contributed by atoms with Gasteiger partial charge in [-0.2, -0.15) is 0 Å². The Labute approximate surface area is 177 Å². The number of imide groups is 1. The highest BCUT2D eigenvalue weighted by Crippen LogP contribution is 2.33. The molecule has 1 fully saturated rings. The van der Waals surface area contributed by atoms with Crippen molar-refractivity contribution in [2.24, 2.45) is 0 Å². The van der Waals surface area contributed by atoms with Crippen LogP contribution in [0.1, 0.15) is 23.1 Å². The van der Waals surface area contributed by atoms with E-state index in [1.807, 2.05) is 24.3 Å². The lowest BCUT2D eigenvalue weighted by atomic mass is 9.78. The number of carbonyl (C=O) groups is 2. The van der Waals surface area contributed by atoms with Crippen molar-refractivity contribution < 1.29 is 27.5 Å². The smallest absolute Gasteiger partial charge is 0.406 e. The average Bonchev–Trinajstić information content (AvgIpc) is 2.92. The molecule has 4 rings (SSSR count). The van der Waals surface area contributed by atoms with Crippen LogP contribution in [-0.2, 0) is 24.2 Å². The molecule has 1 atom stereocenters. The summed E-state index contributed by atoms with van der Waals surface area (Å²) in [5.74, 6) is -0.541. The fourth-order valence-corrected chi connectivity index (χ4v) is 4.23. The molecule has 2 aliphatic rings. The maximum Gasteiger partial charge on any atom is 0.573 e. The molecule has 1 aliphatic carbocycles. The van der Waals surface area contributed by atoms with E-state index in [1.165, 1.54) is 34.7 Å². The van der Waals surface area contributed by atoms with Crippen LogP contribution in [0, 0.1) is 0 Å². The van der Waals surface area contributed by atoms with Crippen LogP contribution in [0.4, 0.5) is 18.0 Å². The molecule has 2 aromatic carbocycles. The molecule has 1 unspecified atom stereocenters. The number of aryl methyl sites for hydroxylation is 1. The molecule has 0 bridgehead atoms. The largest absolute Gasteiger partial charge is 0.573 e. The maximum absolute atomic E-state index is 13.2. The molecule has 164 valence electrons. The molecule has 9 heteroatoms. The van der Waals surface area contributed by atoms with Crippen molar-refractivity contribution in [2.45, 2.75) is 37.7 Å². The van der Waals surface area contributed by atoms with Crippen LogP contribution in [0.25, 0.3) is 0 Å². The van der Waals surface area contributed by atoms with Gasteiger partial charge in [0.1, 0.15) is 11.3 Å². The summed E-state index contributed by atoms with van der Waals surface area (Å²) < 4.78 is 40.7. The molecule has 1 saturated heterocycles. The third-order valence-electron chi connectivity index (χ3n) is 5.67. The van der Waals surface area contributed by atoms with Gasteiger partial charge in [0.05, 0.1) is 6.67 Å². The topological polar surface area (TPSA) is 61.9 Å². The maximum atomic E-state index is 13.2. The highest BCUT2D eigenvalue weighted by molar-refractivity contribution is 6.07. The van der Waals surface area contributed by atoms with E-state index in [9.17, 15) is 22.8 Å². The summed E-state index contributed by atoms with van der Waals surface area (Å²) in [7, 11) is 1.74. The minimum atomic E-state index is -4.74. The standard InChI is InChI=1S/C22H22F3N3O3/c1-27(13-15-6-8-18(9-7-15)31-22(23,24)25)14-28-19(29)21(26-20(28)30)11-10-16-4-2-3-5-17(16)12-21/h2-9H,10-14H2,1H3,(H,26,30). The Morgan fingerprint density at radius 2 is 1.77 bits per heavy atom. The van der Waals surface area contributed by atoms with E-state index >= 15 is 0 Å². The number of carbonyl (C=O) groups excluding carboxylic acids is 2. The zero-order valence-corrected chi connectivity index (χ0v) is 16.9. The van der Waals surface area contributed by atoms with Crippen LogP contribution in [0.5, 0.6) is 5.75 Å². The molecule has 3 amide bonds. The predicted octanol–water partition coefficient (Wildman–Crippen LogP) is 3.45. The number of fused-ring (bicyclic) bond motifs is 1. The third kappa shape index (κ3) is 4.51. The number of halogens is 3. The highest BCUT2D eigenvalue weighted by Gasteiger charge is 2.52. The second kappa shape index (κ2) is 7.88. The zero-order valence-electron chi connectivity index (χ0n) is 16.9. The van der Waals surface area contributed by atoms with Gasteiger partial charge in [-0.1, -0.05) is 36.4 Å². The summed E-state index contributed by atoms with van der Waals surface area (Å²) in [6.07, 6.45) is -3.00. The van der Waals surface area contributed by atoms with Crippen LogP contribution >= 0.6 is 0 Å². The third-order valence-corrected chi connectivity index (χ3v) is 5.67. The van der Waals surface area contributed by atoms with Crippen molar-refractivity contribution in [1.29, 1.82) is 0 Å². The first-order valence-electron chi connectivity index (χ1n) is 9.89. The Morgan fingerprint density at radius 1 is 1.10 bits per heavy atom. The van der Waals surface area contributed by atoms with Gasteiger partial charge < -0.3 is 10.1 Å². The number of hydrogen-bond donors (Lipinski definition) is 1. The summed E-state index contributed by atoms with van der Waals surface area (Å²) in [4.78, 5) is 28.7. The number of nitrogens with zero attached hydrogens (tertiary/aromatic N) is 2. The number of amides is 3. The highest BCUT2D eigenvalue weighted by atomic mass is 19.4. The molecular formula is C22H22F3N3O3. The summed E-state index contributed by atoms with van der Waals surface area (Å²) >= 11 is 0. The summed E-state index contributed by atoms with van der Waals surface area (Å²) in [6, 6.07) is 13.0. The van der Waals surface area contributed by atoms with Crippen molar-refractivity contribution in [3.63, 3.8) is 0 Å². The number of ether oxygens (including phenoxy) is 1. The zero-order chi connectivity index (χ0) is 22.2. The lowest BCUT2D eigenvalue weighted by Crippen LogP contribution is -2.51. The van der Waals surface area contributed by atoms with Gasteiger partial charge in [0.2, 0.25) is 0 Å². The van der Waals surface area contributed by atoms with Crippen LogP contribution in [0.3, 0.4) is 0 Å². The Balaban J connectivity index is 1.39. The van der Waals surface area contributed by atoms with Gasteiger partial charge in [-0.3, -0.25) is 9.69 Å². The fourth-order valence-electron chi connectivity index (χ4n) is 4.23. The van der Waals surface area contributed by atoms with Gasteiger partial charge in [-0.25, -0.2) is 9.69 Å². The lowest BCUT2D eigenvalue weighted by Gasteiger charge is -2.32. The average molecular weight is 433 g/mol. The van der Waals surface area contributed by atoms with Crippen molar-refractivity contribution >= 4 is 11.9 Å². The number of alkyl halides is 3. The Kier molecular flexibility index (Phi) is 5.38.